The van der Waals surface area contributed by atoms with Crippen molar-refractivity contribution in [2.24, 2.45) is 0 Å². The molecule has 1 N–H and O–H groups in total. The van der Waals surface area contributed by atoms with Crippen LogP contribution < -0.4 is 10.1 Å². The van der Waals surface area contributed by atoms with Gasteiger partial charge in [0.1, 0.15) is 12.3 Å². The first-order valence-electron chi connectivity index (χ1n) is 8.78. The second-order valence-electron chi connectivity index (χ2n) is 6.18. The number of amides is 1. The number of benzene rings is 1. The Bertz CT molecular complexity index is 653. The van der Waals surface area contributed by atoms with Crippen molar-refractivity contribution in [3.05, 3.63) is 47.3 Å². The largest absolute Gasteiger partial charge is 0.494 e. The molecule has 0 bridgehead atoms. The van der Waals surface area contributed by atoms with Crippen molar-refractivity contribution in [3.63, 3.8) is 0 Å². The third kappa shape index (κ3) is 4.37. The summed E-state index contributed by atoms with van der Waals surface area (Å²) in [5.41, 5.74) is 3.67. The molecule has 3 rings (SSSR count). The molecule has 0 unspecified atom stereocenters. The summed E-state index contributed by atoms with van der Waals surface area (Å²) in [5, 5.41) is 7.49. The van der Waals surface area contributed by atoms with Gasteiger partial charge in [0.2, 0.25) is 5.91 Å². The van der Waals surface area contributed by atoms with E-state index >= 15 is 0 Å². The highest BCUT2D eigenvalue weighted by Crippen LogP contribution is 2.19. The molecule has 0 radical (unpaired) electrons. The van der Waals surface area contributed by atoms with Gasteiger partial charge in [0.15, 0.2) is 0 Å². The maximum atomic E-state index is 12.1. The van der Waals surface area contributed by atoms with Crippen LogP contribution in [0.2, 0.25) is 0 Å². The number of hydrogen-bond donors (Lipinski definition) is 1. The summed E-state index contributed by atoms with van der Waals surface area (Å²) >= 11 is 0. The number of hydrogen-bond acceptors (Lipinski definition) is 3. The van der Waals surface area contributed by atoms with E-state index in [2.05, 4.69) is 10.4 Å². The summed E-state index contributed by atoms with van der Waals surface area (Å²) in [6, 6.07) is 8.02. The lowest BCUT2D eigenvalue weighted by Crippen LogP contribution is -2.29. The Hall–Kier alpha value is -2.30. The molecule has 5 heteroatoms. The number of fused-ring (bicyclic) bond motifs is 1. The van der Waals surface area contributed by atoms with Crippen molar-refractivity contribution in [2.75, 3.05) is 13.2 Å². The highest BCUT2D eigenvalue weighted by Gasteiger charge is 2.14. The Kier molecular flexibility index (Phi) is 5.51. The van der Waals surface area contributed by atoms with Crippen molar-refractivity contribution in [2.45, 2.75) is 45.6 Å². The molecule has 2 aromatic rings. The first-order valence-corrected chi connectivity index (χ1v) is 8.78. The van der Waals surface area contributed by atoms with Gasteiger partial charge in [-0.15, -0.1) is 0 Å². The summed E-state index contributed by atoms with van der Waals surface area (Å²) in [6.07, 6.45) is 7.41. The quantitative estimate of drug-likeness (QED) is 0.850. The number of nitrogens with zero attached hydrogens (tertiary/aromatic N) is 2. The summed E-state index contributed by atoms with van der Waals surface area (Å²) in [4.78, 5) is 12.1. The number of nitrogens with one attached hydrogen (secondary N) is 1. The van der Waals surface area contributed by atoms with Crippen LogP contribution in [-0.2, 0) is 30.6 Å². The molecule has 1 amide bonds. The maximum Gasteiger partial charge on any atom is 0.241 e. The van der Waals surface area contributed by atoms with Gasteiger partial charge < -0.3 is 10.1 Å². The monoisotopic (exact) mass is 327 g/mol. The third-order valence-electron chi connectivity index (χ3n) is 4.31. The van der Waals surface area contributed by atoms with Gasteiger partial charge in [0.25, 0.3) is 0 Å². The molecular weight excluding hydrogens is 302 g/mol. The lowest BCUT2D eigenvalue weighted by molar-refractivity contribution is -0.121. The summed E-state index contributed by atoms with van der Waals surface area (Å²) < 4.78 is 7.20. The predicted octanol–water partition coefficient (Wildman–Crippen LogP) is 2.52. The standard InChI is InChI=1S/C19H25N3O2/c1-2-24-17-9-7-15(8-10-17)11-12-20-19(23)14-22-13-16-5-3-4-6-18(16)21-22/h7-10,13H,2-6,11-12,14H2,1H3,(H,20,23). The molecule has 1 aliphatic rings. The topological polar surface area (TPSA) is 56.1 Å². The Morgan fingerprint density at radius 1 is 1.25 bits per heavy atom. The SMILES string of the molecule is CCOc1ccc(CCNC(=O)Cn2cc3c(n2)CCCC3)cc1. The van der Waals surface area contributed by atoms with Gasteiger partial charge in [-0.1, -0.05) is 12.1 Å². The average Bonchev–Trinajstić information content (AvgIpc) is 2.99. The summed E-state index contributed by atoms with van der Waals surface area (Å²) in [6.45, 7) is 3.58. The van der Waals surface area contributed by atoms with Gasteiger partial charge >= 0.3 is 0 Å². The Morgan fingerprint density at radius 3 is 2.79 bits per heavy atom. The van der Waals surface area contributed by atoms with Gasteiger partial charge in [-0.2, -0.15) is 5.10 Å². The lowest BCUT2D eigenvalue weighted by Gasteiger charge is -2.07. The van der Waals surface area contributed by atoms with Crippen LogP contribution in [0.15, 0.2) is 30.5 Å². The van der Waals surface area contributed by atoms with E-state index in [0.29, 0.717) is 19.7 Å². The van der Waals surface area contributed by atoms with Crippen molar-refractivity contribution < 1.29 is 9.53 Å². The summed E-state index contributed by atoms with van der Waals surface area (Å²) in [5.74, 6) is 0.897. The summed E-state index contributed by atoms with van der Waals surface area (Å²) in [7, 11) is 0. The molecule has 128 valence electrons. The molecule has 0 saturated heterocycles. The van der Waals surface area contributed by atoms with Gasteiger partial charge in [-0.3, -0.25) is 9.48 Å². The lowest BCUT2D eigenvalue weighted by atomic mass is 9.99. The van der Waals surface area contributed by atoms with Crippen LogP contribution in [0.25, 0.3) is 0 Å². The first-order chi connectivity index (χ1) is 11.7. The van der Waals surface area contributed by atoms with E-state index in [1.54, 1.807) is 4.68 Å². The number of carbonyl (C=O) groups excluding carboxylic acids is 1. The van der Waals surface area contributed by atoms with E-state index in [9.17, 15) is 4.79 Å². The maximum absolute atomic E-state index is 12.1. The van der Waals surface area contributed by atoms with Crippen LogP contribution in [0.5, 0.6) is 5.75 Å². The number of carbonyl (C=O) groups is 1. The smallest absolute Gasteiger partial charge is 0.241 e. The van der Waals surface area contributed by atoms with Gasteiger partial charge in [0.05, 0.1) is 12.3 Å². The molecule has 1 aromatic carbocycles. The molecule has 1 aliphatic carbocycles. The number of ether oxygens (including phenoxy) is 1. The Labute approximate surface area is 143 Å². The predicted molar refractivity (Wildman–Crippen MR) is 93.2 cm³/mol. The minimum absolute atomic E-state index is 0.0146. The molecule has 24 heavy (non-hydrogen) atoms. The van der Waals surface area contributed by atoms with Crippen molar-refractivity contribution in [1.82, 2.24) is 15.1 Å². The zero-order chi connectivity index (χ0) is 16.8. The normalized spacial score (nSPS) is 13.4. The van der Waals surface area contributed by atoms with E-state index in [0.717, 1.165) is 25.0 Å². The molecule has 5 nitrogen and oxygen atoms in total. The molecule has 0 saturated carbocycles. The van der Waals surface area contributed by atoms with Crippen LogP contribution in [0.4, 0.5) is 0 Å². The van der Waals surface area contributed by atoms with Crippen LogP contribution in [0.1, 0.15) is 36.6 Å². The van der Waals surface area contributed by atoms with Gasteiger partial charge in [-0.25, -0.2) is 0 Å². The third-order valence-corrected chi connectivity index (χ3v) is 4.31. The fourth-order valence-corrected chi connectivity index (χ4v) is 3.08. The minimum atomic E-state index is 0.0146. The molecule has 1 heterocycles. The Morgan fingerprint density at radius 2 is 2.04 bits per heavy atom. The zero-order valence-corrected chi connectivity index (χ0v) is 14.3. The van der Waals surface area contributed by atoms with Crippen LogP contribution >= 0.6 is 0 Å². The molecule has 0 atom stereocenters. The molecule has 0 fully saturated rings. The first kappa shape index (κ1) is 16.6. The van der Waals surface area contributed by atoms with E-state index in [1.165, 1.54) is 29.7 Å². The Balaban J connectivity index is 1.43. The zero-order valence-electron chi connectivity index (χ0n) is 14.3. The van der Waals surface area contributed by atoms with E-state index in [-0.39, 0.29) is 5.91 Å². The highest BCUT2D eigenvalue weighted by atomic mass is 16.5. The van der Waals surface area contributed by atoms with Crippen LogP contribution in [-0.4, -0.2) is 28.8 Å². The average molecular weight is 327 g/mol. The van der Waals surface area contributed by atoms with E-state index < -0.39 is 0 Å². The molecule has 1 aromatic heterocycles. The van der Waals surface area contributed by atoms with Gasteiger partial charge in [0, 0.05) is 12.7 Å². The molecule has 0 aliphatic heterocycles. The van der Waals surface area contributed by atoms with Crippen LogP contribution in [0.3, 0.4) is 0 Å². The highest BCUT2D eigenvalue weighted by molar-refractivity contribution is 5.75. The van der Waals surface area contributed by atoms with Crippen molar-refractivity contribution in [1.29, 1.82) is 0 Å². The van der Waals surface area contributed by atoms with Crippen molar-refractivity contribution >= 4 is 5.91 Å². The van der Waals surface area contributed by atoms with Gasteiger partial charge in [-0.05, 0) is 62.3 Å². The minimum Gasteiger partial charge on any atom is -0.494 e. The van der Waals surface area contributed by atoms with Crippen LogP contribution in [0, 0.1) is 0 Å². The second-order valence-corrected chi connectivity index (χ2v) is 6.18. The molecule has 0 spiro atoms. The second kappa shape index (κ2) is 7.99. The van der Waals surface area contributed by atoms with E-state index in [4.69, 9.17) is 4.74 Å². The fourth-order valence-electron chi connectivity index (χ4n) is 3.08. The fraction of sp³-hybridized carbons (Fsp3) is 0.474. The molecular formula is C19H25N3O2. The number of aryl methyl sites for hydroxylation is 2. The number of rotatable bonds is 7. The number of aromatic nitrogens is 2. The van der Waals surface area contributed by atoms with Crippen molar-refractivity contribution in [3.8, 4) is 5.75 Å². The van der Waals surface area contributed by atoms with E-state index in [1.807, 2.05) is 37.4 Å².